The Morgan fingerprint density at radius 2 is 2.22 bits per heavy atom. The number of carbonyl (C=O) groups is 2. The second-order valence-electron chi connectivity index (χ2n) is 5.25. The van der Waals surface area contributed by atoms with E-state index in [0.717, 1.165) is 25.7 Å². The summed E-state index contributed by atoms with van der Waals surface area (Å²) in [6.07, 6.45) is 7.87. The molecule has 4 heteroatoms. The van der Waals surface area contributed by atoms with E-state index in [1.807, 2.05) is 13.0 Å². The molecule has 4 nitrogen and oxygen atoms in total. The van der Waals surface area contributed by atoms with Crippen molar-refractivity contribution in [3.63, 3.8) is 0 Å². The van der Waals surface area contributed by atoms with Crippen molar-refractivity contribution in [1.29, 1.82) is 0 Å². The van der Waals surface area contributed by atoms with E-state index in [-0.39, 0.29) is 17.7 Å². The van der Waals surface area contributed by atoms with Gasteiger partial charge in [-0.05, 0) is 26.2 Å². The maximum Gasteiger partial charge on any atom is 0.236 e. The lowest BCUT2D eigenvalue weighted by atomic mass is 9.66. The number of carbonyl (C=O) groups excluding carboxylic acids is 2. The number of amides is 2. The van der Waals surface area contributed by atoms with Crippen LogP contribution in [0.1, 0.15) is 39.0 Å². The third kappa shape index (κ3) is 1.93. The molecule has 0 radical (unpaired) electrons. The van der Waals surface area contributed by atoms with Gasteiger partial charge in [0.25, 0.3) is 0 Å². The monoisotopic (exact) mass is 251 g/mol. The van der Waals surface area contributed by atoms with Crippen molar-refractivity contribution in [2.24, 2.45) is 11.3 Å². The van der Waals surface area contributed by atoms with E-state index in [0.29, 0.717) is 13.0 Å². The summed E-state index contributed by atoms with van der Waals surface area (Å²) in [6, 6.07) is 0. The lowest BCUT2D eigenvalue weighted by Gasteiger charge is -2.35. The first-order valence-electron chi connectivity index (χ1n) is 6.68. The number of imide groups is 1. The van der Waals surface area contributed by atoms with Crippen molar-refractivity contribution in [2.75, 3.05) is 13.7 Å². The third-order valence-electron chi connectivity index (χ3n) is 4.29. The van der Waals surface area contributed by atoms with Crippen molar-refractivity contribution in [1.82, 2.24) is 4.90 Å². The van der Waals surface area contributed by atoms with Gasteiger partial charge in [0.15, 0.2) is 0 Å². The molecule has 0 spiro atoms. The minimum Gasteiger partial charge on any atom is -0.502 e. The number of hydrogen-bond acceptors (Lipinski definition) is 3. The van der Waals surface area contributed by atoms with Gasteiger partial charge in [0.05, 0.1) is 24.2 Å². The molecule has 0 bridgehead atoms. The first-order valence-corrected chi connectivity index (χ1v) is 6.68. The number of hydrogen-bond donors (Lipinski definition) is 0. The summed E-state index contributed by atoms with van der Waals surface area (Å²) in [4.78, 5) is 25.8. The third-order valence-corrected chi connectivity index (χ3v) is 4.29. The van der Waals surface area contributed by atoms with Crippen LogP contribution in [-0.2, 0) is 14.3 Å². The van der Waals surface area contributed by atoms with Crippen molar-refractivity contribution in [2.45, 2.75) is 39.0 Å². The fraction of sp³-hybridized carbons (Fsp3) is 0.714. The van der Waals surface area contributed by atoms with Gasteiger partial charge in [0, 0.05) is 7.05 Å². The molecule has 1 saturated carbocycles. The van der Waals surface area contributed by atoms with Gasteiger partial charge in [0.2, 0.25) is 11.8 Å². The largest absolute Gasteiger partial charge is 0.502 e. The number of fused-ring (bicyclic) bond motifs is 1. The molecule has 2 amide bonds. The van der Waals surface area contributed by atoms with Gasteiger partial charge in [-0.1, -0.05) is 18.9 Å². The van der Waals surface area contributed by atoms with Gasteiger partial charge in [-0.3, -0.25) is 14.5 Å². The van der Waals surface area contributed by atoms with Crippen molar-refractivity contribution < 1.29 is 14.3 Å². The average Bonchev–Trinajstić information content (AvgIpc) is 2.58. The van der Waals surface area contributed by atoms with Crippen molar-refractivity contribution in [3.05, 3.63) is 12.3 Å². The van der Waals surface area contributed by atoms with Gasteiger partial charge >= 0.3 is 0 Å². The van der Waals surface area contributed by atoms with Gasteiger partial charge in [-0.25, -0.2) is 0 Å². The molecule has 0 aromatic carbocycles. The van der Waals surface area contributed by atoms with Crippen LogP contribution in [0.5, 0.6) is 0 Å². The van der Waals surface area contributed by atoms with Crippen LogP contribution in [0.25, 0.3) is 0 Å². The molecule has 2 aliphatic rings. The second kappa shape index (κ2) is 5.12. The van der Waals surface area contributed by atoms with Crippen molar-refractivity contribution >= 4 is 11.8 Å². The topological polar surface area (TPSA) is 46.6 Å². The summed E-state index contributed by atoms with van der Waals surface area (Å²) >= 11 is 0. The Bertz CT molecular complexity index is 377. The number of nitrogens with zero attached hydrogens (tertiary/aromatic N) is 1. The quantitative estimate of drug-likeness (QED) is 0.437. The van der Waals surface area contributed by atoms with Crippen LogP contribution in [0.2, 0.25) is 0 Å². The zero-order valence-electron chi connectivity index (χ0n) is 11.1. The molecule has 1 aliphatic heterocycles. The van der Waals surface area contributed by atoms with E-state index in [9.17, 15) is 9.59 Å². The summed E-state index contributed by atoms with van der Waals surface area (Å²) in [6.45, 7) is 2.40. The van der Waals surface area contributed by atoms with Gasteiger partial charge < -0.3 is 4.74 Å². The number of allylic oxidation sites excluding steroid dienone is 1. The number of rotatable bonds is 4. The summed E-state index contributed by atoms with van der Waals surface area (Å²) in [5.41, 5.74) is -0.480. The Labute approximate surface area is 108 Å². The SMILES string of the molecule is CC=COCCC12CCCCC1C(=O)N(C)C2=O. The first-order chi connectivity index (χ1) is 8.63. The maximum absolute atomic E-state index is 12.4. The van der Waals surface area contributed by atoms with Gasteiger partial charge in [-0.15, -0.1) is 0 Å². The molecule has 0 aromatic heterocycles. The second-order valence-corrected chi connectivity index (χ2v) is 5.25. The van der Waals surface area contributed by atoms with E-state index in [2.05, 4.69) is 0 Å². The van der Waals surface area contributed by atoms with Crippen LogP contribution in [-0.4, -0.2) is 30.4 Å². The molecule has 0 aromatic rings. The highest BCUT2D eigenvalue weighted by Gasteiger charge is 2.58. The predicted molar refractivity (Wildman–Crippen MR) is 67.6 cm³/mol. The zero-order valence-corrected chi connectivity index (χ0v) is 11.1. The van der Waals surface area contributed by atoms with Crippen LogP contribution >= 0.6 is 0 Å². The van der Waals surface area contributed by atoms with E-state index in [1.165, 1.54) is 4.90 Å². The Morgan fingerprint density at radius 1 is 1.44 bits per heavy atom. The fourth-order valence-corrected chi connectivity index (χ4v) is 3.33. The van der Waals surface area contributed by atoms with Crippen LogP contribution in [0.3, 0.4) is 0 Å². The van der Waals surface area contributed by atoms with Crippen LogP contribution < -0.4 is 0 Å². The van der Waals surface area contributed by atoms with Crippen molar-refractivity contribution in [3.8, 4) is 0 Å². The molecular weight excluding hydrogens is 230 g/mol. The Hall–Kier alpha value is -1.32. The molecule has 2 atom stereocenters. The lowest BCUT2D eigenvalue weighted by Crippen LogP contribution is -2.38. The van der Waals surface area contributed by atoms with Gasteiger partial charge in [-0.2, -0.15) is 0 Å². The highest BCUT2D eigenvalue weighted by molar-refractivity contribution is 6.07. The predicted octanol–water partition coefficient (Wildman–Crippen LogP) is 2.10. The van der Waals surface area contributed by atoms with E-state index >= 15 is 0 Å². The molecule has 0 N–H and O–H groups in total. The summed E-state index contributed by atoms with van der Waals surface area (Å²) in [5.74, 6) is -0.107. The summed E-state index contributed by atoms with van der Waals surface area (Å²) in [7, 11) is 1.61. The first kappa shape index (κ1) is 13.1. The smallest absolute Gasteiger partial charge is 0.236 e. The normalized spacial score (nSPS) is 32.1. The van der Waals surface area contributed by atoms with E-state index in [1.54, 1.807) is 13.3 Å². The molecule has 100 valence electrons. The highest BCUT2D eigenvalue weighted by atomic mass is 16.5. The number of likely N-dealkylation sites (tertiary alicyclic amines) is 1. The summed E-state index contributed by atoms with van der Waals surface area (Å²) < 4.78 is 5.34. The molecule has 1 saturated heterocycles. The molecule has 2 unspecified atom stereocenters. The molecule has 18 heavy (non-hydrogen) atoms. The zero-order chi connectivity index (χ0) is 13.2. The Kier molecular flexibility index (Phi) is 3.73. The minimum absolute atomic E-state index is 0.00118. The van der Waals surface area contributed by atoms with E-state index in [4.69, 9.17) is 4.74 Å². The van der Waals surface area contributed by atoms with Gasteiger partial charge in [0.1, 0.15) is 0 Å². The van der Waals surface area contributed by atoms with Crippen LogP contribution in [0.15, 0.2) is 12.3 Å². The van der Waals surface area contributed by atoms with E-state index < -0.39 is 5.41 Å². The number of ether oxygens (including phenoxy) is 1. The molecule has 1 aliphatic carbocycles. The lowest BCUT2D eigenvalue weighted by molar-refractivity contribution is -0.140. The average molecular weight is 251 g/mol. The molecule has 2 rings (SSSR count). The standard InChI is InChI=1S/C14H21NO3/c1-3-9-18-10-8-14-7-5-4-6-11(14)12(16)15(2)13(14)17/h3,9,11H,4-8,10H2,1-2H3. The fourth-order valence-electron chi connectivity index (χ4n) is 3.33. The highest BCUT2D eigenvalue weighted by Crippen LogP contribution is 2.50. The molecule has 2 fully saturated rings. The minimum atomic E-state index is -0.480. The van der Waals surface area contributed by atoms with Crippen LogP contribution in [0, 0.1) is 11.3 Å². The summed E-state index contributed by atoms with van der Waals surface area (Å²) in [5, 5.41) is 0. The molecule has 1 heterocycles. The Balaban J connectivity index is 2.14. The Morgan fingerprint density at radius 3 is 2.94 bits per heavy atom. The van der Waals surface area contributed by atoms with Crippen LogP contribution in [0.4, 0.5) is 0 Å². The maximum atomic E-state index is 12.4. The molecular formula is C14H21NO3.